The van der Waals surface area contributed by atoms with Gasteiger partial charge >= 0.3 is 6.03 Å². The molecule has 0 bridgehead atoms. The van der Waals surface area contributed by atoms with Crippen molar-refractivity contribution >= 4 is 17.6 Å². The van der Waals surface area contributed by atoms with E-state index in [1.54, 1.807) is 12.1 Å². The maximum atomic E-state index is 13.7. The third kappa shape index (κ3) is 5.91. The summed E-state index contributed by atoms with van der Waals surface area (Å²) in [7, 11) is 0. The minimum Gasteiger partial charge on any atom is -0.454 e. The second-order valence-electron chi connectivity index (χ2n) is 8.05. The summed E-state index contributed by atoms with van der Waals surface area (Å²) in [5.74, 6) is -0.382. The minimum atomic E-state index is -0.776. The quantitative estimate of drug-likeness (QED) is 0.487. The number of aliphatic hydroxyl groups is 1. The number of rotatable bonds is 7. The van der Waals surface area contributed by atoms with Gasteiger partial charge in [0.25, 0.3) is 0 Å². The predicted molar refractivity (Wildman–Crippen MR) is 116 cm³/mol. The number of urea groups is 1. The fourth-order valence-electron chi connectivity index (χ4n) is 3.90. The summed E-state index contributed by atoms with van der Waals surface area (Å²) in [6, 6.07) is 6.84. The van der Waals surface area contributed by atoms with Gasteiger partial charge in [0.2, 0.25) is 12.7 Å². The van der Waals surface area contributed by atoms with Crippen molar-refractivity contribution < 1.29 is 37.7 Å². The highest BCUT2D eigenvalue weighted by molar-refractivity contribution is 5.89. The third-order valence-electron chi connectivity index (χ3n) is 5.63. The van der Waals surface area contributed by atoms with Crippen LogP contribution in [0.3, 0.4) is 0 Å². The van der Waals surface area contributed by atoms with Crippen LogP contribution in [-0.4, -0.2) is 48.7 Å². The highest BCUT2D eigenvalue weighted by Crippen LogP contribution is 2.32. The Bertz CT molecular complexity index is 1050. The molecule has 0 spiro atoms. The van der Waals surface area contributed by atoms with E-state index in [0.29, 0.717) is 30.9 Å². The number of ether oxygens (including phenoxy) is 3. The molecule has 1 fully saturated rings. The first kappa shape index (κ1) is 23.7. The molecule has 9 nitrogen and oxygen atoms in total. The van der Waals surface area contributed by atoms with E-state index in [1.165, 1.54) is 0 Å². The van der Waals surface area contributed by atoms with Gasteiger partial charge in [0.1, 0.15) is 17.7 Å². The Kier molecular flexibility index (Phi) is 7.43. The number of halogens is 2. The first-order chi connectivity index (χ1) is 16.4. The average Bonchev–Trinajstić information content (AvgIpc) is 3.29. The molecule has 2 heterocycles. The van der Waals surface area contributed by atoms with E-state index < -0.39 is 35.9 Å². The largest absolute Gasteiger partial charge is 0.454 e. The zero-order valence-electron chi connectivity index (χ0n) is 18.2. The molecule has 1 saturated heterocycles. The molecule has 11 heteroatoms. The number of hydrogen-bond donors (Lipinski definition) is 4. The van der Waals surface area contributed by atoms with Crippen LogP contribution in [0, 0.1) is 11.6 Å². The lowest BCUT2D eigenvalue weighted by molar-refractivity contribution is -0.130. The summed E-state index contributed by atoms with van der Waals surface area (Å²) in [6.07, 6.45) is -0.189. The molecule has 3 atom stereocenters. The first-order valence-corrected chi connectivity index (χ1v) is 10.9. The Hall–Kier alpha value is -3.44. The van der Waals surface area contributed by atoms with E-state index in [0.717, 1.165) is 23.8 Å². The number of carbonyl (C=O) groups excluding carboxylic acids is 2. The SMILES string of the molecule is O=C(C[C@H]1CC[C@H](NC(=O)Nc2cc(F)ccc2F)[C@H](CO)O1)NCc1ccc2c(c1)OCO2. The fraction of sp³-hybridized carbons (Fsp3) is 0.391. The van der Waals surface area contributed by atoms with Crippen LogP contribution in [0.15, 0.2) is 36.4 Å². The Morgan fingerprint density at radius 3 is 2.71 bits per heavy atom. The summed E-state index contributed by atoms with van der Waals surface area (Å²) in [5.41, 5.74) is 0.562. The number of benzene rings is 2. The molecule has 34 heavy (non-hydrogen) atoms. The maximum absolute atomic E-state index is 13.7. The highest BCUT2D eigenvalue weighted by Gasteiger charge is 2.33. The van der Waals surface area contributed by atoms with Crippen molar-refractivity contribution in [3.05, 3.63) is 53.6 Å². The van der Waals surface area contributed by atoms with E-state index in [-0.39, 0.29) is 31.4 Å². The second-order valence-corrected chi connectivity index (χ2v) is 8.05. The van der Waals surface area contributed by atoms with Crippen molar-refractivity contribution in [2.24, 2.45) is 0 Å². The summed E-state index contributed by atoms with van der Waals surface area (Å²) < 4.78 is 43.4. The van der Waals surface area contributed by atoms with Gasteiger partial charge in [0, 0.05) is 12.6 Å². The summed E-state index contributed by atoms with van der Waals surface area (Å²) >= 11 is 0. The Labute approximate surface area is 194 Å². The van der Waals surface area contributed by atoms with Gasteiger partial charge in [-0.05, 0) is 42.7 Å². The molecule has 2 aromatic rings. The van der Waals surface area contributed by atoms with Crippen LogP contribution >= 0.6 is 0 Å². The van der Waals surface area contributed by atoms with E-state index in [4.69, 9.17) is 14.2 Å². The second kappa shape index (κ2) is 10.7. The molecular weight excluding hydrogens is 452 g/mol. The summed E-state index contributed by atoms with van der Waals surface area (Å²) in [6.45, 7) is 0.108. The van der Waals surface area contributed by atoms with Crippen molar-refractivity contribution in [2.45, 2.75) is 44.1 Å². The number of carbonyl (C=O) groups is 2. The molecule has 2 aromatic carbocycles. The first-order valence-electron chi connectivity index (χ1n) is 10.9. The molecule has 0 aromatic heterocycles. The number of anilines is 1. The summed E-state index contributed by atoms with van der Waals surface area (Å²) in [4.78, 5) is 24.6. The van der Waals surface area contributed by atoms with E-state index in [9.17, 15) is 23.5 Å². The van der Waals surface area contributed by atoms with Gasteiger partial charge in [-0.15, -0.1) is 0 Å². The Balaban J connectivity index is 1.23. The van der Waals surface area contributed by atoms with Crippen molar-refractivity contribution in [1.29, 1.82) is 0 Å². The van der Waals surface area contributed by atoms with Crippen LogP contribution in [0.4, 0.5) is 19.3 Å². The number of amides is 3. The number of nitrogens with one attached hydrogen (secondary N) is 3. The lowest BCUT2D eigenvalue weighted by atomic mass is 9.97. The molecule has 2 aliphatic rings. The van der Waals surface area contributed by atoms with Gasteiger partial charge in [-0.2, -0.15) is 0 Å². The number of fused-ring (bicyclic) bond motifs is 1. The molecule has 0 saturated carbocycles. The van der Waals surface area contributed by atoms with Crippen LogP contribution in [0.25, 0.3) is 0 Å². The normalized spacial score (nSPS) is 21.1. The van der Waals surface area contributed by atoms with Crippen molar-refractivity contribution in [1.82, 2.24) is 10.6 Å². The molecule has 3 amide bonds. The van der Waals surface area contributed by atoms with Gasteiger partial charge in [-0.3, -0.25) is 4.79 Å². The van der Waals surface area contributed by atoms with E-state index in [2.05, 4.69) is 16.0 Å². The van der Waals surface area contributed by atoms with Crippen molar-refractivity contribution in [2.75, 3.05) is 18.7 Å². The zero-order chi connectivity index (χ0) is 24.1. The smallest absolute Gasteiger partial charge is 0.319 e. The third-order valence-corrected chi connectivity index (χ3v) is 5.63. The van der Waals surface area contributed by atoms with Gasteiger partial charge in [-0.1, -0.05) is 6.07 Å². The summed E-state index contributed by atoms with van der Waals surface area (Å²) in [5, 5.41) is 17.4. The Morgan fingerprint density at radius 2 is 1.88 bits per heavy atom. The van der Waals surface area contributed by atoms with Crippen LogP contribution in [0.1, 0.15) is 24.8 Å². The monoisotopic (exact) mass is 477 g/mol. The predicted octanol–water partition coefficient (Wildman–Crippen LogP) is 2.43. The molecule has 0 aliphatic carbocycles. The molecule has 4 rings (SSSR count). The van der Waals surface area contributed by atoms with Crippen molar-refractivity contribution in [3.8, 4) is 11.5 Å². The number of aliphatic hydroxyl groups excluding tert-OH is 1. The molecule has 0 radical (unpaired) electrons. The van der Waals surface area contributed by atoms with Gasteiger partial charge in [0.05, 0.1) is 30.9 Å². The topological polar surface area (TPSA) is 118 Å². The van der Waals surface area contributed by atoms with Crippen LogP contribution < -0.4 is 25.4 Å². The maximum Gasteiger partial charge on any atom is 0.319 e. The van der Waals surface area contributed by atoms with Gasteiger partial charge in [0.15, 0.2) is 11.5 Å². The van der Waals surface area contributed by atoms with Crippen LogP contribution in [0.2, 0.25) is 0 Å². The molecule has 4 N–H and O–H groups in total. The van der Waals surface area contributed by atoms with Crippen LogP contribution in [-0.2, 0) is 16.1 Å². The van der Waals surface area contributed by atoms with Gasteiger partial charge < -0.3 is 35.3 Å². The highest BCUT2D eigenvalue weighted by atomic mass is 19.1. The molecule has 2 aliphatic heterocycles. The molecule has 182 valence electrons. The lowest BCUT2D eigenvalue weighted by Gasteiger charge is -2.35. The molecular formula is C23H25F2N3O6. The van der Waals surface area contributed by atoms with Crippen molar-refractivity contribution in [3.63, 3.8) is 0 Å². The Morgan fingerprint density at radius 1 is 1.06 bits per heavy atom. The standard InChI is InChI=1S/C23H25F2N3O6/c24-14-2-4-16(25)18(8-14)28-23(31)27-17-5-3-15(34-21(17)11-29)9-22(30)26-10-13-1-6-19-20(7-13)33-12-32-19/h1-2,4,6-8,15,17,21,29H,3,5,9-12H2,(H,26,30)(H2,27,28,31)/t15-,17+,21+/m1/s1. The minimum absolute atomic E-state index is 0.0917. The zero-order valence-corrected chi connectivity index (χ0v) is 18.2. The van der Waals surface area contributed by atoms with E-state index in [1.807, 2.05) is 6.07 Å². The lowest BCUT2D eigenvalue weighted by Crippen LogP contribution is -2.52. The van der Waals surface area contributed by atoms with Gasteiger partial charge in [-0.25, -0.2) is 13.6 Å². The average molecular weight is 477 g/mol. The molecule has 0 unspecified atom stereocenters. The fourth-order valence-corrected chi connectivity index (χ4v) is 3.90. The van der Waals surface area contributed by atoms with E-state index >= 15 is 0 Å². The van der Waals surface area contributed by atoms with Crippen LogP contribution in [0.5, 0.6) is 11.5 Å². The number of hydrogen-bond acceptors (Lipinski definition) is 6.